The third-order valence-corrected chi connectivity index (χ3v) is 4.77. The molecule has 7 heteroatoms. The predicted octanol–water partition coefficient (Wildman–Crippen LogP) is 2.67. The number of nitrogens with zero attached hydrogens (tertiary/aromatic N) is 2. The van der Waals surface area contributed by atoms with Crippen LogP contribution in [0, 0.1) is 11.6 Å². The van der Waals surface area contributed by atoms with E-state index in [-0.39, 0.29) is 23.8 Å². The Bertz CT molecular complexity index is 808. The summed E-state index contributed by atoms with van der Waals surface area (Å²) in [5.74, 6) is -1.27. The molecule has 0 aliphatic carbocycles. The fourth-order valence-electron chi connectivity index (χ4n) is 3.30. The lowest BCUT2D eigenvalue weighted by molar-refractivity contribution is -0.123. The van der Waals surface area contributed by atoms with Crippen LogP contribution < -0.4 is 10.2 Å². The molecule has 0 unspecified atom stereocenters. The molecule has 27 heavy (non-hydrogen) atoms. The van der Waals surface area contributed by atoms with E-state index in [9.17, 15) is 18.7 Å². The maximum Gasteiger partial charge on any atom is 0.234 e. The second-order valence-corrected chi connectivity index (χ2v) is 6.71. The van der Waals surface area contributed by atoms with Gasteiger partial charge >= 0.3 is 0 Å². The molecule has 1 fully saturated rings. The fraction of sp³-hybridized carbons (Fsp3) is 0.350. The van der Waals surface area contributed by atoms with E-state index in [0.29, 0.717) is 26.2 Å². The fourth-order valence-corrected chi connectivity index (χ4v) is 3.30. The number of phenolic OH excluding ortho intramolecular Hbond substituents is 1. The van der Waals surface area contributed by atoms with Gasteiger partial charge in [-0.3, -0.25) is 9.69 Å². The number of carbonyl (C=O) groups excluding carboxylic acids is 1. The van der Waals surface area contributed by atoms with Crippen LogP contribution >= 0.6 is 0 Å². The molecule has 1 amide bonds. The summed E-state index contributed by atoms with van der Waals surface area (Å²) < 4.78 is 26.8. The number of hydrogen-bond acceptors (Lipinski definition) is 4. The van der Waals surface area contributed by atoms with Gasteiger partial charge in [0.1, 0.15) is 17.4 Å². The molecule has 0 radical (unpaired) electrons. The molecule has 0 bridgehead atoms. The van der Waals surface area contributed by atoms with Crippen molar-refractivity contribution >= 4 is 11.6 Å². The van der Waals surface area contributed by atoms with Crippen LogP contribution in [-0.2, 0) is 4.79 Å². The Balaban J connectivity index is 1.50. The highest BCUT2D eigenvalue weighted by molar-refractivity contribution is 5.78. The van der Waals surface area contributed by atoms with Crippen molar-refractivity contribution < 1.29 is 18.7 Å². The molecule has 1 aliphatic rings. The Labute approximate surface area is 157 Å². The standard InChI is InChI=1S/C20H23F2N3O2/c1-14(16-7-6-15(21)12-17(16)22)23-20(27)13-24-8-10-25(11-9-24)18-4-2-3-5-19(18)26/h2-7,12,14,26H,8-11,13H2,1H3,(H,23,27)/t14-/m0/s1. The Morgan fingerprint density at radius 1 is 1.15 bits per heavy atom. The summed E-state index contributed by atoms with van der Waals surface area (Å²) in [5.41, 5.74) is 1.05. The minimum Gasteiger partial charge on any atom is -0.506 e. The number of rotatable bonds is 5. The van der Waals surface area contributed by atoms with Crippen LogP contribution in [0.5, 0.6) is 5.75 Å². The van der Waals surface area contributed by atoms with Crippen molar-refractivity contribution in [1.29, 1.82) is 0 Å². The molecule has 1 atom stereocenters. The van der Waals surface area contributed by atoms with E-state index in [4.69, 9.17) is 0 Å². The van der Waals surface area contributed by atoms with Gasteiger partial charge in [-0.2, -0.15) is 0 Å². The molecule has 2 aromatic carbocycles. The summed E-state index contributed by atoms with van der Waals surface area (Å²) in [6.07, 6.45) is 0. The van der Waals surface area contributed by atoms with Gasteiger partial charge in [-0.25, -0.2) is 8.78 Å². The zero-order chi connectivity index (χ0) is 19.4. The van der Waals surface area contributed by atoms with E-state index in [0.717, 1.165) is 11.8 Å². The molecule has 0 saturated carbocycles. The number of aromatic hydroxyl groups is 1. The first-order chi connectivity index (χ1) is 12.9. The molecule has 5 nitrogen and oxygen atoms in total. The summed E-state index contributed by atoms with van der Waals surface area (Å²) in [6.45, 7) is 4.65. The van der Waals surface area contributed by atoms with Crippen LogP contribution in [0.1, 0.15) is 18.5 Å². The molecular weight excluding hydrogens is 352 g/mol. The number of amides is 1. The molecule has 1 saturated heterocycles. The predicted molar refractivity (Wildman–Crippen MR) is 99.7 cm³/mol. The average Bonchev–Trinajstić information content (AvgIpc) is 2.62. The van der Waals surface area contributed by atoms with Gasteiger partial charge < -0.3 is 15.3 Å². The molecule has 3 rings (SSSR count). The van der Waals surface area contributed by atoms with Gasteiger partial charge in [0.25, 0.3) is 0 Å². The quantitative estimate of drug-likeness (QED) is 0.844. The molecule has 1 aliphatic heterocycles. The Kier molecular flexibility index (Phi) is 5.91. The number of phenols is 1. The molecule has 2 aromatic rings. The van der Waals surface area contributed by atoms with Crippen molar-refractivity contribution in [2.45, 2.75) is 13.0 Å². The van der Waals surface area contributed by atoms with Crippen LogP contribution in [0.15, 0.2) is 42.5 Å². The number of nitrogens with one attached hydrogen (secondary N) is 1. The zero-order valence-corrected chi connectivity index (χ0v) is 15.2. The van der Waals surface area contributed by atoms with E-state index in [1.54, 1.807) is 19.1 Å². The zero-order valence-electron chi connectivity index (χ0n) is 15.2. The van der Waals surface area contributed by atoms with Gasteiger partial charge in [-0.1, -0.05) is 18.2 Å². The summed E-state index contributed by atoms with van der Waals surface area (Å²) in [7, 11) is 0. The molecule has 0 spiro atoms. The molecule has 2 N–H and O–H groups in total. The van der Waals surface area contributed by atoms with Crippen LogP contribution in [0.2, 0.25) is 0 Å². The molecule has 144 valence electrons. The topological polar surface area (TPSA) is 55.8 Å². The third kappa shape index (κ3) is 4.74. The maximum atomic E-state index is 13.8. The lowest BCUT2D eigenvalue weighted by Crippen LogP contribution is -2.49. The van der Waals surface area contributed by atoms with Crippen molar-refractivity contribution in [1.82, 2.24) is 10.2 Å². The SMILES string of the molecule is C[C@H](NC(=O)CN1CCN(c2ccccc2O)CC1)c1ccc(F)cc1F. The van der Waals surface area contributed by atoms with Gasteiger partial charge in [-0.05, 0) is 25.1 Å². The van der Waals surface area contributed by atoms with Crippen molar-refractivity contribution in [3.05, 3.63) is 59.7 Å². The van der Waals surface area contributed by atoms with Gasteiger partial charge in [-0.15, -0.1) is 0 Å². The smallest absolute Gasteiger partial charge is 0.234 e. The number of halogens is 2. The average molecular weight is 375 g/mol. The minimum atomic E-state index is -0.668. The van der Waals surface area contributed by atoms with Crippen molar-refractivity contribution in [3.8, 4) is 5.75 Å². The number of piperazine rings is 1. The Morgan fingerprint density at radius 3 is 2.52 bits per heavy atom. The number of anilines is 1. The highest BCUT2D eigenvalue weighted by Gasteiger charge is 2.22. The third-order valence-electron chi connectivity index (χ3n) is 4.77. The number of hydrogen-bond donors (Lipinski definition) is 2. The molecule has 0 aromatic heterocycles. The largest absolute Gasteiger partial charge is 0.506 e. The second-order valence-electron chi connectivity index (χ2n) is 6.71. The van der Waals surface area contributed by atoms with E-state index < -0.39 is 17.7 Å². The second kappa shape index (κ2) is 8.35. The Hall–Kier alpha value is -2.67. The summed E-state index contributed by atoms with van der Waals surface area (Å²) in [4.78, 5) is 16.4. The number of carbonyl (C=O) groups is 1. The Morgan fingerprint density at radius 2 is 1.85 bits per heavy atom. The van der Waals surface area contributed by atoms with Crippen LogP contribution in [0.25, 0.3) is 0 Å². The first-order valence-corrected chi connectivity index (χ1v) is 8.93. The van der Waals surface area contributed by atoms with Gasteiger partial charge in [0, 0.05) is 37.8 Å². The van der Waals surface area contributed by atoms with E-state index in [2.05, 4.69) is 10.2 Å². The van der Waals surface area contributed by atoms with Crippen LogP contribution in [-0.4, -0.2) is 48.6 Å². The molecular formula is C20H23F2N3O2. The normalized spacial score (nSPS) is 16.2. The van der Waals surface area contributed by atoms with Crippen molar-refractivity contribution in [2.24, 2.45) is 0 Å². The highest BCUT2D eigenvalue weighted by atomic mass is 19.1. The van der Waals surface area contributed by atoms with Gasteiger partial charge in [0.15, 0.2) is 0 Å². The number of para-hydroxylation sites is 2. The monoisotopic (exact) mass is 375 g/mol. The van der Waals surface area contributed by atoms with E-state index >= 15 is 0 Å². The van der Waals surface area contributed by atoms with Gasteiger partial charge in [0.2, 0.25) is 5.91 Å². The lowest BCUT2D eigenvalue weighted by atomic mass is 10.1. The summed E-state index contributed by atoms with van der Waals surface area (Å²) in [6, 6.07) is 9.99. The minimum absolute atomic E-state index is 0.206. The number of benzene rings is 2. The first-order valence-electron chi connectivity index (χ1n) is 8.93. The van der Waals surface area contributed by atoms with Crippen LogP contribution in [0.4, 0.5) is 14.5 Å². The van der Waals surface area contributed by atoms with E-state index in [1.165, 1.54) is 12.1 Å². The van der Waals surface area contributed by atoms with Crippen molar-refractivity contribution in [2.75, 3.05) is 37.6 Å². The first kappa shape index (κ1) is 19.1. The van der Waals surface area contributed by atoms with E-state index in [1.807, 2.05) is 17.0 Å². The summed E-state index contributed by atoms with van der Waals surface area (Å²) in [5, 5.41) is 12.7. The lowest BCUT2D eigenvalue weighted by Gasteiger charge is -2.36. The van der Waals surface area contributed by atoms with Crippen LogP contribution in [0.3, 0.4) is 0 Å². The summed E-state index contributed by atoms with van der Waals surface area (Å²) >= 11 is 0. The van der Waals surface area contributed by atoms with Crippen molar-refractivity contribution in [3.63, 3.8) is 0 Å². The molecule has 1 heterocycles. The maximum absolute atomic E-state index is 13.8. The highest BCUT2D eigenvalue weighted by Crippen LogP contribution is 2.27. The van der Waals surface area contributed by atoms with Gasteiger partial charge in [0.05, 0.1) is 18.3 Å².